The third kappa shape index (κ3) is 4.04. The number of H-pyrrole nitrogens is 1. The maximum absolute atomic E-state index is 11.6. The van der Waals surface area contributed by atoms with Crippen LogP contribution in [-0.4, -0.2) is 23.8 Å². The molecule has 9 nitrogen and oxygen atoms in total. The van der Waals surface area contributed by atoms with Crippen LogP contribution in [0.2, 0.25) is 0 Å². The Balaban J connectivity index is 2.19. The van der Waals surface area contributed by atoms with E-state index < -0.39 is 20.9 Å². The molecule has 22 heavy (non-hydrogen) atoms. The Morgan fingerprint density at radius 2 is 1.91 bits per heavy atom. The fraction of sp³-hybridized carbons (Fsp3) is 0. The number of carbonyl (C=O) groups excluding carboxylic acids is 1. The largest absolute Gasteiger partial charge is 0.326 e. The zero-order valence-electron chi connectivity index (χ0n) is 10.8. The molecule has 0 unspecified atom stereocenters. The van der Waals surface area contributed by atoms with Crippen molar-refractivity contribution in [2.24, 2.45) is 5.14 Å². The van der Waals surface area contributed by atoms with Crippen molar-refractivity contribution in [3.05, 3.63) is 40.8 Å². The number of aromatic nitrogens is 2. The fourth-order valence-electron chi connectivity index (χ4n) is 1.52. The molecule has 1 amide bonds. The molecular formula is C11H10ClN5O4S. The zero-order chi connectivity index (χ0) is 16.3. The SMILES string of the molecule is NS(=O)(=O)c1ccc(Nc2ncc(NC(=O)Cl)c(=O)[nH]2)cc1. The number of hydrogen-bond acceptors (Lipinski definition) is 6. The van der Waals surface area contributed by atoms with E-state index in [2.05, 4.69) is 20.6 Å². The summed E-state index contributed by atoms with van der Waals surface area (Å²) < 4.78 is 22.2. The Morgan fingerprint density at radius 1 is 1.27 bits per heavy atom. The third-order valence-corrected chi connectivity index (χ3v) is 3.50. The smallest absolute Gasteiger partial charge is 0.318 e. The summed E-state index contributed by atoms with van der Waals surface area (Å²) in [5.74, 6) is 0.0981. The molecule has 2 rings (SSSR count). The van der Waals surface area contributed by atoms with Gasteiger partial charge in [0.15, 0.2) is 0 Å². The number of carbonyl (C=O) groups is 1. The second-order valence-corrected chi connectivity index (χ2v) is 5.97. The van der Waals surface area contributed by atoms with Crippen molar-refractivity contribution in [3.63, 3.8) is 0 Å². The highest BCUT2D eigenvalue weighted by atomic mass is 35.5. The summed E-state index contributed by atoms with van der Waals surface area (Å²) in [6, 6.07) is 5.51. The van der Waals surface area contributed by atoms with Crippen molar-refractivity contribution < 1.29 is 13.2 Å². The minimum Gasteiger partial charge on any atom is -0.326 e. The summed E-state index contributed by atoms with van der Waals surface area (Å²) in [6.45, 7) is 0. The van der Waals surface area contributed by atoms with Gasteiger partial charge in [-0.1, -0.05) is 0 Å². The minimum atomic E-state index is -3.77. The van der Waals surface area contributed by atoms with Crippen molar-refractivity contribution in [3.8, 4) is 0 Å². The standard InChI is InChI=1S/C11H10ClN5O4S/c12-10(19)16-8-5-14-11(17-9(8)18)15-6-1-3-7(4-2-6)22(13,20)21/h1-5H,(H,16,19)(H2,13,20,21)(H2,14,15,17,18). The number of hydrogen-bond donors (Lipinski definition) is 4. The fourth-order valence-corrected chi connectivity index (χ4v) is 2.14. The second-order valence-electron chi connectivity index (χ2n) is 4.07. The highest BCUT2D eigenvalue weighted by Crippen LogP contribution is 2.15. The van der Waals surface area contributed by atoms with Crippen molar-refractivity contribution >= 4 is 44.3 Å². The average Bonchev–Trinajstić information content (AvgIpc) is 2.41. The Labute approximate surface area is 129 Å². The molecule has 0 aliphatic carbocycles. The molecule has 1 heterocycles. The lowest BCUT2D eigenvalue weighted by molar-refractivity contribution is 0.269. The Morgan fingerprint density at radius 3 is 2.41 bits per heavy atom. The number of amides is 1. The van der Waals surface area contributed by atoms with Crippen LogP contribution in [0.25, 0.3) is 0 Å². The molecule has 0 bridgehead atoms. The van der Waals surface area contributed by atoms with E-state index in [1.165, 1.54) is 24.3 Å². The van der Waals surface area contributed by atoms with Crippen molar-refractivity contribution in [1.82, 2.24) is 9.97 Å². The number of sulfonamides is 1. The first kappa shape index (κ1) is 15.9. The number of halogens is 1. The van der Waals surface area contributed by atoms with Crippen LogP contribution in [0.15, 0.2) is 40.2 Å². The Kier molecular flexibility index (Phi) is 4.45. The minimum absolute atomic E-state index is 0.0420. The van der Waals surface area contributed by atoms with Gasteiger partial charge in [-0.2, -0.15) is 0 Å². The lowest BCUT2D eigenvalue weighted by Gasteiger charge is -2.07. The third-order valence-electron chi connectivity index (χ3n) is 2.48. The summed E-state index contributed by atoms with van der Waals surface area (Å²) >= 11 is 5.10. The van der Waals surface area contributed by atoms with E-state index in [-0.39, 0.29) is 16.5 Å². The van der Waals surface area contributed by atoms with Crippen LogP contribution in [0.5, 0.6) is 0 Å². The summed E-state index contributed by atoms with van der Waals surface area (Å²) in [7, 11) is -3.77. The lowest BCUT2D eigenvalue weighted by Crippen LogP contribution is -2.17. The van der Waals surface area contributed by atoms with Crippen LogP contribution in [-0.2, 0) is 10.0 Å². The molecule has 11 heteroatoms. The van der Waals surface area contributed by atoms with Gasteiger partial charge < -0.3 is 10.6 Å². The summed E-state index contributed by atoms with van der Waals surface area (Å²) in [6.07, 6.45) is 1.13. The van der Waals surface area contributed by atoms with E-state index in [1.54, 1.807) is 0 Å². The maximum Gasteiger partial charge on any atom is 0.318 e. The number of anilines is 3. The van der Waals surface area contributed by atoms with Gasteiger partial charge in [-0.25, -0.2) is 18.5 Å². The van der Waals surface area contributed by atoms with E-state index in [0.717, 1.165) is 6.20 Å². The number of aromatic amines is 1. The molecule has 2 aromatic rings. The summed E-state index contributed by atoms with van der Waals surface area (Å²) in [4.78, 5) is 28.5. The average molecular weight is 344 g/mol. The molecule has 0 aliphatic rings. The van der Waals surface area contributed by atoms with Crippen molar-refractivity contribution in [1.29, 1.82) is 0 Å². The molecule has 1 aromatic heterocycles. The molecule has 0 fully saturated rings. The summed E-state index contributed by atoms with van der Waals surface area (Å²) in [5, 5.41) is 8.93. The Hall–Kier alpha value is -2.43. The number of nitrogens with one attached hydrogen (secondary N) is 3. The second kappa shape index (κ2) is 6.13. The van der Waals surface area contributed by atoms with Gasteiger partial charge in [-0.3, -0.25) is 14.6 Å². The van der Waals surface area contributed by atoms with Gasteiger partial charge >= 0.3 is 5.37 Å². The first-order chi connectivity index (χ1) is 10.3. The van der Waals surface area contributed by atoms with Gasteiger partial charge in [0.05, 0.1) is 11.1 Å². The van der Waals surface area contributed by atoms with Crippen molar-refractivity contribution in [2.75, 3.05) is 10.6 Å². The zero-order valence-corrected chi connectivity index (χ0v) is 12.4. The van der Waals surface area contributed by atoms with Gasteiger partial charge in [0.2, 0.25) is 16.0 Å². The van der Waals surface area contributed by atoms with Crippen LogP contribution in [0.3, 0.4) is 0 Å². The predicted octanol–water partition coefficient (Wildman–Crippen LogP) is 0.932. The first-order valence-electron chi connectivity index (χ1n) is 5.71. The molecule has 5 N–H and O–H groups in total. The lowest BCUT2D eigenvalue weighted by atomic mass is 10.3. The van der Waals surface area contributed by atoms with Crippen LogP contribution in [0, 0.1) is 0 Å². The number of nitrogens with two attached hydrogens (primary N) is 1. The van der Waals surface area contributed by atoms with Gasteiger partial charge in [0, 0.05) is 5.69 Å². The molecule has 0 saturated heterocycles. The highest BCUT2D eigenvalue weighted by Gasteiger charge is 2.08. The molecule has 0 spiro atoms. The number of nitrogens with zero attached hydrogens (tertiary/aromatic N) is 1. The van der Waals surface area contributed by atoms with Crippen LogP contribution in [0.4, 0.5) is 22.1 Å². The molecular weight excluding hydrogens is 334 g/mol. The summed E-state index contributed by atoms with van der Waals surface area (Å²) in [5.41, 5.74) is -0.229. The number of primary sulfonamides is 1. The van der Waals surface area contributed by atoms with E-state index in [1.807, 2.05) is 0 Å². The first-order valence-corrected chi connectivity index (χ1v) is 7.64. The molecule has 0 radical (unpaired) electrons. The monoisotopic (exact) mass is 343 g/mol. The van der Waals surface area contributed by atoms with E-state index in [0.29, 0.717) is 5.69 Å². The number of rotatable bonds is 4. The molecule has 0 saturated carbocycles. The molecule has 1 aromatic carbocycles. The predicted molar refractivity (Wildman–Crippen MR) is 80.8 cm³/mol. The quantitative estimate of drug-likeness (QED) is 0.479. The topological polar surface area (TPSA) is 147 Å². The normalized spacial score (nSPS) is 11.0. The van der Waals surface area contributed by atoms with Gasteiger partial charge in [-0.15, -0.1) is 0 Å². The highest BCUT2D eigenvalue weighted by molar-refractivity contribution is 7.89. The molecule has 116 valence electrons. The van der Waals surface area contributed by atoms with Gasteiger partial charge in [-0.05, 0) is 35.9 Å². The van der Waals surface area contributed by atoms with Gasteiger partial charge in [0.1, 0.15) is 5.69 Å². The molecule has 0 atom stereocenters. The molecule has 0 aliphatic heterocycles. The number of benzene rings is 1. The van der Waals surface area contributed by atoms with Gasteiger partial charge in [0.25, 0.3) is 5.56 Å². The van der Waals surface area contributed by atoms with Crippen molar-refractivity contribution in [2.45, 2.75) is 4.90 Å². The van der Waals surface area contributed by atoms with Crippen LogP contribution in [0.1, 0.15) is 0 Å². The van der Waals surface area contributed by atoms with Crippen LogP contribution >= 0.6 is 11.6 Å². The van der Waals surface area contributed by atoms with E-state index in [4.69, 9.17) is 16.7 Å². The van der Waals surface area contributed by atoms with E-state index in [9.17, 15) is 18.0 Å². The maximum atomic E-state index is 11.6. The van der Waals surface area contributed by atoms with Crippen LogP contribution < -0.4 is 21.3 Å². The Bertz CT molecular complexity index is 863. The van der Waals surface area contributed by atoms with E-state index >= 15 is 0 Å².